The van der Waals surface area contributed by atoms with Gasteiger partial charge in [-0.15, -0.1) is 0 Å². The second kappa shape index (κ2) is 3.99. The summed E-state index contributed by atoms with van der Waals surface area (Å²) in [6.45, 7) is 1.95. The summed E-state index contributed by atoms with van der Waals surface area (Å²) in [5, 5.41) is 3.89. The lowest BCUT2D eigenvalue weighted by Gasteiger charge is -2.00. The highest BCUT2D eigenvalue weighted by molar-refractivity contribution is 5.63. The number of hydrogen-bond donors (Lipinski definition) is 2. The van der Waals surface area contributed by atoms with Crippen LogP contribution in [0.2, 0.25) is 0 Å². The second-order valence-corrected chi connectivity index (χ2v) is 3.94. The van der Waals surface area contributed by atoms with E-state index in [4.69, 9.17) is 10.3 Å². The minimum atomic E-state index is 0.436. The Morgan fingerprint density at radius 1 is 1.33 bits per heavy atom. The highest BCUT2D eigenvalue weighted by atomic mass is 16.5. The number of nitrogens with zero attached hydrogens (tertiary/aromatic N) is 3. The molecule has 0 radical (unpaired) electrons. The summed E-state index contributed by atoms with van der Waals surface area (Å²) < 4.78 is 5.23. The van der Waals surface area contributed by atoms with Gasteiger partial charge in [-0.05, 0) is 30.7 Å². The van der Waals surface area contributed by atoms with E-state index >= 15 is 0 Å². The van der Waals surface area contributed by atoms with Crippen molar-refractivity contribution in [2.75, 3.05) is 5.73 Å². The smallest absolute Gasteiger partial charge is 0.258 e. The third kappa shape index (κ3) is 1.73. The largest absolute Gasteiger partial charge is 0.399 e. The van der Waals surface area contributed by atoms with Crippen LogP contribution >= 0.6 is 0 Å². The highest BCUT2D eigenvalue weighted by Crippen LogP contribution is 2.24. The van der Waals surface area contributed by atoms with Crippen LogP contribution in [-0.2, 0) is 0 Å². The van der Waals surface area contributed by atoms with Gasteiger partial charge >= 0.3 is 0 Å². The van der Waals surface area contributed by atoms with E-state index in [1.807, 2.05) is 19.1 Å². The van der Waals surface area contributed by atoms with Gasteiger partial charge in [0.25, 0.3) is 5.89 Å². The fourth-order valence-electron chi connectivity index (χ4n) is 1.74. The van der Waals surface area contributed by atoms with Gasteiger partial charge in [0, 0.05) is 23.6 Å². The Hall–Kier alpha value is -2.63. The predicted octanol–water partition coefficient (Wildman–Crippen LogP) is 2.02. The van der Waals surface area contributed by atoms with Crippen LogP contribution < -0.4 is 5.73 Å². The summed E-state index contributed by atoms with van der Waals surface area (Å²) in [4.78, 5) is 11.3. The van der Waals surface area contributed by atoms with E-state index in [1.165, 1.54) is 0 Å². The summed E-state index contributed by atoms with van der Waals surface area (Å²) in [6.07, 6.45) is 3.35. The molecule has 6 heteroatoms. The average molecular weight is 241 g/mol. The molecule has 6 nitrogen and oxygen atoms in total. The first-order chi connectivity index (χ1) is 8.74. The Balaban J connectivity index is 2.03. The molecule has 0 saturated heterocycles. The third-order valence-corrected chi connectivity index (χ3v) is 2.62. The first kappa shape index (κ1) is 10.5. The summed E-state index contributed by atoms with van der Waals surface area (Å²) >= 11 is 0. The maximum Gasteiger partial charge on any atom is 0.258 e. The number of nitrogen functional groups attached to an aromatic ring is 1. The molecular weight excluding hydrogens is 230 g/mol. The van der Waals surface area contributed by atoms with Gasteiger partial charge in [0.15, 0.2) is 5.82 Å². The molecule has 0 spiro atoms. The average Bonchev–Trinajstić information content (AvgIpc) is 2.99. The minimum Gasteiger partial charge on any atom is -0.399 e. The Bertz CT molecular complexity index is 672. The first-order valence-corrected chi connectivity index (χ1v) is 5.44. The molecule has 0 atom stereocenters. The maximum absolute atomic E-state index is 5.71. The summed E-state index contributed by atoms with van der Waals surface area (Å²) in [5.74, 6) is 1.48. The molecule has 0 bridgehead atoms. The van der Waals surface area contributed by atoms with E-state index < -0.39 is 0 Å². The highest BCUT2D eigenvalue weighted by Gasteiger charge is 2.13. The zero-order valence-electron chi connectivity index (χ0n) is 9.71. The van der Waals surface area contributed by atoms with Crippen molar-refractivity contribution in [3.05, 3.63) is 36.2 Å². The molecule has 0 amide bonds. The topological polar surface area (TPSA) is 93.6 Å². The van der Waals surface area contributed by atoms with Crippen molar-refractivity contribution in [3.8, 4) is 23.1 Å². The molecule has 0 fully saturated rings. The van der Waals surface area contributed by atoms with Crippen LogP contribution in [0.25, 0.3) is 23.1 Å². The molecule has 0 aliphatic heterocycles. The van der Waals surface area contributed by atoms with Crippen LogP contribution in [0.4, 0.5) is 5.69 Å². The lowest BCUT2D eigenvalue weighted by Crippen LogP contribution is -1.89. The SMILES string of the molecule is Cc1cc(N)ccc1-c1nc(-c2ncc[nH]2)no1. The maximum atomic E-state index is 5.71. The van der Waals surface area contributed by atoms with E-state index in [2.05, 4.69) is 20.1 Å². The van der Waals surface area contributed by atoms with Gasteiger partial charge < -0.3 is 15.2 Å². The van der Waals surface area contributed by atoms with Crippen molar-refractivity contribution in [1.82, 2.24) is 20.1 Å². The Kier molecular flexibility index (Phi) is 2.33. The zero-order valence-corrected chi connectivity index (χ0v) is 9.71. The molecule has 2 heterocycles. The number of benzene rings is 1. The van der Waals surface area contributed by atoms with E-state index in [-0.39, 0.29) is 0 Å². The monoisotopic (exact) mass is 241 g/mol. The van der Waals surface area contributed by atoms with Crippen molar-refractivity contribution < 1.29 is 4.52 Å². The standard InChI is InChI=1S/C12H11N5O/c1-7-6-8(13)2-3-9(7)12-16-11(17-18-12)10-14-4-5-15-10/h2-6H,13H2,1H3,(H,14,15). The van der Waals surface area contributed by atoms with Crippen LogP contribution in [-0.4, -0.2) is 20.1 Å². The molecule has 0 unspecified atom stereocenters. The van der Waals surface area contributed by atoms with Gasteiger partial charge in [-0.3, -0.25) is 0 Å². The number of nitrogens with two attached hydrogens (primary N) is 1. The summed E-state index contributed by atoms with van der Waals surface area (Å²) in [6, 6.07) is 5.54. The number of anilines is 1. The van der Waals surface area contributed by atoms with Gasteiger partial charge in [0.05, 0.1) is 0 Å². The van der Waals surface area contributed by atoms with Gasteiger partial charge in [-0.25, -0.2) is 4.98 Å². The predicted molar refractivity (Wildman–Crippen MR) is 66.5 cm³/mol. The number of nitrogens with one attached hydrogen (secondary N) is 1. The number of aromatic nitrogens is 4. The number of aromatic amines is 1. The van der Waals surface area contributed by atoms with E-state index in [9.17, 15) is 0 Å². The minimum absolute atomic E-state index is 0.436. The summed E-state index contributed by atoms with van der Waals surface area (Å²) in [5.41, 5.74) is 8.28. The van der Waals surface area contributed by atoms with Crippen molar-refractivity contribution >= 4 is 5.69 Å². The molecule has 18 heavy (non-hydrogen) atoms. The number of imidazole rings is 1. The van der Waals surface area contributed by atoms with Crippen LogP contribution in [0.3, 0.4) is 0 Å². The molecule has 3 rings (SSSR count). The lowest BCUT2D eigenvalue weighted by molar-refractivity contribution is 0.431. The molecule has 0 aliphatic carbocycles. The van der Waals surface area contributed by atoms with Gasteiger partial charge in [0.1, 0.15) is 0 Å². The van der Waals surface area contributed by atoms with Crippen molar-refractivity contribution in [2.45, 2.75) is 6.92 Å². The first-order valence-electron chi connectivity index (χ1n) is 5.44. The quantitative estimate of drug-likeness (QED) is 0.669. The molecular formula is C12H11N5O. The second-order valence-electron chi connectivity index (χ2n) is 3.94. The summed E-state index contributed by atoms with van der Waals surface area (Å²) in [7, 11) is 0. The number of H-pyrrole nitrogens is 1. The van der Waals surface area contributed by atoms with Crippen LogP contribution in [0.5, 0.6) is 0 Å². The Morgan fingerprint density at radius 3 is 2.94 bits per heavy atom. The van der Waals surface area contributed by atoms with Gasteiger partial charge in [0.2, 0.25) is 5.82 Å². The number of aryl methyl sites for hydroxylation is 1. The molecule has 1 aromatic carbocycles. The van der Waals surface area contributed by atoms with E-state index in [0.717, 1.165) is 11.1 Å². The van der Waals surface area contributed by atoms with Gasteiger partial charge in [-0.2, -0.15) is 4.98 Å². The molecule has 0 aliphatic rings. The number of hydrogen-bond acceptors (Lipinski definition) is 5. The van der Waals surface area contributed by atoms with Crippen LogP contribution in [0.15, 0.2) is 35.1 Å². The van der Waals surface area contributed by atoms with Crippen molar-refractivity contribution in [3.63, 3.8) is 0 Å². The number of rotatable bonds is 2. The zero-order chi connectivity index (χ0) is 12.5. The normalized spacial score (nSPS) is 10.7. The van der Waals surface area contributed by atoms with Crippen molar-refractivity contribution in [2.24, 2.45) is 0 Å². The van der Waals surface area contributed by atoms with E-state index in [0.29, 0.717) is 23.2 Å². The van der Waals surface area contributed by atoms with E-state index in [1.54, 1.807) is 18.5 Å². The Labute approximate surface area is 103 Å². The van der Waals surface area contributed by atoms with Crippen molar-refractivity contribution in [1.29, 1.82) is 0 Å². The molecule has 90 valence electrons. The molecule has 3 aromatic rings. The lowest BCUT2D eigenvalue weighted by atomic mass is 10.1. The van der Waals surface area contributed by atoms with Crippen LogP contribution in [0.1, 0.15) is 5.56 Å². The fourth-order valence-corrected chi connectivity index (χ4v) is 1.74. The van der Waals surface area contributed by atoms with Crippen LogP contribution in [0, 0.1) is 6.92 Å². The third-order valence-electron chi connectivity index (χ3n) is 2.62. The Morgan fingerprint density at radius 2 is 2.22 bits per heavy atom. The fraction of sp³-hybridized carbons (Fsp3) is 0.0833. The molecule has 2 aromatic heterocycles. The molecule has 3 N–H and O–H groups in total. The van der Waals surface area contributed by atoms with Gasteiger partial charge in [-0.1, -0.05) is 5.16 Å². The molecule has 0 saturated carbocycles.